The molecule has 21 heavy (non-hydrogen) atoms. The van der Waals surface area contributed by atoms with E-state index in [4.69, 9.17) is 5.11 Å². The van der Waals surface area contributed by atoms with E-state index in [2.05, 4.69) is 0 Å². The zero-order chi connectivity index (χ0) is 15.0. The summed E-state index contributed by atoms with van der Waals surface area (Å²) >= 11 is 1.49. The molecule has 0 atom stereocenters. The van der Waals surface area contributed by atoms with Crippen molar-refractivity contribution in [1.29, 1.82) is 0 Å². The SMILES string of the molecule is O=C(O)c1ccc(Cn2ccc3sccc3c2=O)cc1F. The molecule has 0 aliphatic rings. The second-order valence-electron chi connectivity index (χ2n) is 4.57. The van der Waals surface area contributed by atoms with Crippen LogP contribution < -0.4 is 5.56 Å². The van der Waals surface area contributed by atoms with E-state index >= 15 is 0 Å². The number of thiophene rings is 1. The molecule has 0 fully saturated rings. The maximum absolute atomic E-state index is 13.6. The summed E-state index contributed by atoms with van der Waals surface area (Å²) in [5.74, 6) is -2.11. The summed E-state index contributed by atoms with van der Waals surface area (Å²) in [6.45, 7) is 0.196. The minimum absolute atomic E-state index is 0.142. The molecule has 0 spiro atoms. The van der Waals surface area contributed by atoms with Gasteiger partial charge in [-0.15, -0.1) is 11.3 Å². The van der Waals surface area contributed by atoms with Crippen LogP contribution in [0, 0.1) is 5.82 Å². The Morgan fingerprint density at radius 3 is 2.81 bits per heavy atom. The van der Waals surface area contributed by atoms with Crippen LogP contribution in [0.4, 0.5) is 4.39 Å². The number of carboxylic acid groups (broad SMARTS) is 1. The molecule has 106 valence electrons. The number of carbonyl (C=O) groups is 1. The van der Waals surface area contributed by atoms with E-state index in [0.29, 0.717) is 10.9 Å². The van der Waals surface area contributed by atoms with Gasteiger partial charge in [0.25, 0.3) is 5.56 Å². The monoisotopic (exact) mass is 303 g/mol. The van der Waals surface area contributed by atoms with Gasteiger partial charge in [-0.05, 0) is 35.2 Å². The number of halogens is 1. The van der Waals surface area contributed by atoms with Gasteiger partial charge in [0.05, 0.1) is 17.5 Å². The highest BCUT2D eigenvalue weighted by molar-refractivity contribution is 7.17. The fourth-order valence-electron chi connectivity index (χ4n) is 2.16. The fourth-order valence-corrected chi connectivity index (χ4v) is 2.93. The Balaban J connectivity index is 1.99. The van der Waals surface area contributed by atoms with E-state index in [9.17, 15) is 14.0 Å². The molecule has 0 saturated carbocycles. The lowest BCUT2D eigenvalue weighted by Crippen LogP contribution is -2.19. The molecule has 0 bridgehead atoms. The molecule has 4 nitrogen and oxygen atoms in total. The standard InChI is InChI=1S/C15H10FNO3S/c16-12-7-9(1-2-10(12)15(19)20)8-17-5-3-13-11(14(17)18)4-6-21-13/h1-7H,8H2,(H,19,20). The Labute approximate surface area is 122 Å². The van der Waals surface area contributed by atoms with Gasteiger partial charge in [0.2, 0.25) is 0 Å². The van der Waals surface area contributed by atoms with Crippen molar-refractivity contribution in [2.45, 2.75) is 6.54 Å². The zero-order valence-corrected chi connectivity index (χ0v) is 11.6. The van der Waals surface area contributed by atoms with E-state index < -0.39 is 11.8 Å². The maximum atomic E-state index is 13.6. The molecular weight excluding hydrogens is 293 g/mol. The molecule has 1 aromatic carbocycles. The number of aromatic carboxylic acids is 1. The number of pyridine rings is 1. The molecule has 0 aliphatic carbocycles. The van der Waals surface area contributed by atoms with Gasteiger partial charge in [-0.2, -0.15) is 0 Å². The van der Waals surface area contributed by atoms with Crippen LogP contribution in [0.25, 0.3) is 10.1 Å². The third-order valence-corrected chi connectivity index (χ3v) is 4.09. The molecule has 2 aromatic heterocycles. The molecular formula is C15H10FNO3S. The van der Waals surface area contributed by atoms with Crippen LogP contribution in [0.2, 0.25) is 0 Å². The fraction of sp³-hybridized carbons (Fsp3) is 0.0667. The van der Waals surface area contributed by atoms with Crippen LogP contribution in [0.3, 0.4) is 0 Å². The summed E-state index contributed by atoms with van der Waals surface area (Å²) in [4.78, 5) is 23.0. The van der Waals surface area contributed by atoms with Crippen LogP contribution in [0.5, 0.6) is 0 Å². The molecule has 0 unspecified atom stereocenters. The molecule has 3 aromatic rings. The first kappa shape index (κ1) is 13.5. The van der Waals surface area contributed by atoms with Crippen molar-refractivity contribution in [2.75, 3.05) is 0 Å². The number of carboxylic acids is 1. The van der Waals surface area contributed by atoms with Crippen molar-refractivity contribution in [3.05, 3.63) is 69.2 Å². The largest absolute Gasteiger partial charge is 0.478 e. The van der Waals surface area contributed by atoms with Crippen LogP contribution in [0.1, 0.15) is 15.9 Å². The Kier molecular flexibility index (Phi) is 3.31. The summed E-state index contributed by atoms with van der Waals surface area (Å²) in [5.41, 5.74) is 0.0185. The van der Waals surface area contributed by atoms with Gasteiger partial charge in [-0.1, -0.05) is 6.07 Å². The van der Waals surface area contributed by atoms with Crippen molar-refractivity contribution in [3.63, 3.8) is 0 Å². The predicted octanol–water partition coefficient (Wildman–Crippen LogP) is 2.95. The highest BCUT2D eigenvalue weighted by atomic mass is 32.1. The zero-order valence-electron chi connectivity index (χ0n) is 10.7. The summed E-state index contributed by atoms with van der Waals surface area (Å²) in [7, 11) is 0. The van der Waals surface area contributed by atoms with Gasteiger partial charge in [0.1, 0.15) is 5.82 Å². The molecule has 0 aliphatic heterocycles. The van der Waals surface area contributed by atoms with Crippen molar-refractivity contribution in [2.24, 2.45) is 0 Å². The molecule has 1 N–H and O–H groups in total. The van der Waals surface area contributed by atoms with Crippen molar-refractivity contribution in [1.82, 2.24) is 4.57 Å². The number of aromatic nitrogens is 1. The second-order valence-corrected chi connectivity index (χ2v) is 5.51. The van der Waals surface area contributed by atoms with Gasteiger partial charge >= 0.3 is 5.97 Å². The Morgan fingerprint density at radius 2 is 2.10 bits per heavy atom. The van der Waals surface area contributed by atoms with Crippen LogP contribution >= 0.6 is 11.3 Å². The molecule has 6 heteroatoms. The number of fused-ring (bicyclic) bond motifs is 1. The first-order chi connectivity index (χ1) is 10.1. The third-order valence-electron chi connectivity index (χ3n) is 3.21. The van der Waals surface area contributed by atoms with Crippen molar-refractivity contribution < 1.29 is 14.3 Å². The summed E-state index contributed by atoms with van der Waals surface area (Å²) in [5, 5.41) is 11.3. The first-order valence-electron chi connectivity index (χ1n) is 6.14. The van der Waals surface area contributed by atoms with Gasteiger partial charge in [-0.25, -0.2) is 9.18 Å². The molecule has 3 rings (SSSR count). The molecule has 2 heterocycles. The molecule has 0 radical (unpaired) electrons. The number of nitrogens with zero attached hydrogens (tertiary/aromatic N) is 1. The Bertz CT molecular complexity index is 897. The number of benzene rings is 1. The average molecular weight is 303 g/mol. The third kappa shape index (κ3) is 2.45. The smallest absolute Gasteiger partial charge is 0.338 e. The topological polar surface area (TPSA) is 59.3 Å². The highest BCUT2D eigenvalue weighted by Gasteiger charge is 2.11. The lowest BCUT2D eigenvalue weighted by molar-refractivity contribution is 0.0692. The number of hydrogen-bond acceptors (Lipinski definition) is 3. The van der Waals surface area contributed by atoms with Crippen LogP contribution in [-0.2, 0) is 6.54 Å². The molecule has 0 amide bonds. The first-order valence-corrected chi connectivity index (χ1v) is 7.02. The van der Waals surface area contributed by atoms with Crippen molar-refractivity contribution in [3.8, 4) is 0 Å². The predicted molar refractivity (Wildman–Crippen MR) is 78.5 cm³/mol. The summed E-state index contributed by atoms with van der Waals surface area (Å²) < 4.78 is 16.0. The summed E-state index contributed by atoms with van der Waals surface area (Å²) in [6, 6.07) is 7.46. The van der Waals surface area contributed by atoms with E-state index in [0.717, 1.165) is 10.8 Å². The lowest BCUT2D eigenvalue weighted by atomic mass is 10.1. The van der Waals surface area contributed by atoms with E-state index in [1.807, 2.05) is 11.4 Å². The maximum Gasteiger partial charge on any atom is 0.338 e. The minimum Gasteiger partial charge on any atom is -0.478 e. The number of hydrogen-bond donors (Lipinski definition) is 1. The van der Waals surface area contributed by atoms with E-state index in [1.165, 1.54) is 28.0 Å². The van der Waals surface area contributed by atoms with Gasteiger partial charge in [-0.3, -0.25) is 4.79 Å². The highest BCUT2D eigenvalue weighted by Crippen LogP contribution is 2.17. The van der Waals surface area contributed by atoms with Gasteiger partial charge < -0.3 is 9.67 Å². The second kappa shape index (κ2) is 5.14. The van der Waals surface area contributed by atoms with Crippen molar-refractivity contribution >= 4 is 27.4 Å². The van der Waals surface area contributed by atoms with E-state index in [-0.39, 0.29) is 17.7 Å². The Hall–Kier alpha value is -2.47. The normalized spacial score (nSPS) is 10.9. The molecule has 0 saturated heterocycles. The van der Waals surface area contributed by atoms with E-state index in [1.54, 1.807) is 12.3 Å². The quantitative estimate of drug-likeness (QED) is 0.809. The number of rotatable bonds is 3. The van der Waals surface area contributed by atoms with Gasteiger partial charge in [0.15, 0.2) is 0 Å². The Morgan fingerprint density at radius 1 is 1.29 bits per heavy atom. The van der Waals surface area contributed by atoms with Crippen LogP contribution in [-0.4, -0.2) is 15.6 Å². The lowest BCUT2D eigenvalue weighted by Gasteiger charge is -2.07. The minimum atomic E-state index is -1.31. The summed E-state index contributed by atoms with van der Waals surface area (Å²) in [6.07, 6.45) is 1.66. The van der Waals surface area contributed by atoms with Crippen LogP contribution in [0.15, 0.2) is 46.7 Å². The average Bonchev–Trinajstić information content (AvgIpc) is 2.91. The van der Waals surface area contributed by atoms with Gasteiger partial charge in [0, 0.05) is 10.9 Å².